The van der Waals surface area contributed by atoms with Gasteiger partial charge in [-0.05, 0) is 17.7 Å². The molecule has 1 heterocycles. The minimum absolute atomic E-state index is 0.00802. The van der Waals surface area contributed by atoms with Crippen LogP contribution in [0.5, 0.6) is 0 Å². The van der Waals surface area contributed by atoms with Gasteiger partial charge in [-0.2, -0.15) is 0 Å². The lowest BCUT2D eigenvalue weighted by Gasteiger charge is -2.05. The lowest BCUT2D eigenvalue weighted by atomic mass is 10.1. The summed E-state index contributed by atoms with van der Waals surface area (Å²) in [7, 11) is 1.59. The van der Waals surface area contributed by atoms with Crippen LogP contribution in [-0.2, 0) is 17.9 Å². The third-order valence-electron chi connectivity index (χ3n) is 2.67. The van der Waals surface area contributed by atoms with Gasteiger partial charge >= 0.3 is 5.97 Å². The van der Waals surface area contributed by atoms with Gasteiger partial charge in [-0.25, -0.2) is 9.78 Å². The second-order valence-corrected chi connectivity index (χ2v) is 5.19. The van der Waals surface area contributed by atoms with Gasteiger partial charge in [-0.1, -0.05) is 12.1 Å². The number of carbonyl (C=O) groups is 2. The maximum absolute atomic E-state index is 12.0. The third kappa shape index (κ3) is 4.11. The number of methoxy groups -OCH3 is 1. The summed E-state index contributed by atoms with van der Waals surface area (Å²) in [4.78, 5) is 26.6. The average Bonchev–Trinajstić information content (AvgIpc) is 2.94. The second-order valence-electron chi connectivity index (χ2n) is 4.25. The number of amides is 1. The molecule has 0 aliphatic carbocycles. The molecular formula is C14H14N2O4S. The van der Waals surface area contributed by atoms with Crippen molar-refractivity contribution in [1.29, 1.82) is 0 Å². The fraction of sp³-hybridized carbons (Fsp3) is 0.214. The van der Waals surface area contributed by atoms with Gasteiger partial charge in [0.25, 0.3) is 5.91 Å². The summed E-state index contributed by atoms with van der Waals surface area (Å²) in [5.41, 5.74) is 1.43. The number of benzene rings is 1. The Morgan fingerprint density at radius 2 is 2.24 bits per heavy atom. The molecule has 110 valence electrons. The lowest BCUT2D eigenvalue weighted by molar-refractivity contribution is 0.0691. The van der Waals surface area contributed by atoms with Crippen LogP contribution < -0.4 is 5.32 Å². The van der Waals surface area contributed by atoms with Crippen LogP contribution >= 0.6 is 11.3 Å². The number of hydrogen-bond donors (Lipinski definition) is 2. The van der Waals surface area contributed by atoms with Gasteiger partial charge in [0.15, 0.2) is 5.69 Å². The molecular weight excluding hydrogens is 292 g/mol. The Balaban J connectivity index is 1.97. The summed E-state index contributed by atoms with van der Waals surface area (Å²) >= 11 is 1.20. The summed E-state index contributed by atoms with van der Waals surface area (Å²) < 4.78 is 5.02. The first-order chi connectivity index (χ1) is 10.1. The number of nitrogens with zero attached hydrogens (tertiary/aromatic N) is 1. The van der Waals surface area contributed by atoms with Crippen molar-refractivity contribution in [3.8, 4) is 0 Å². The minimum Gasteiger partial charge on any atom is -0.476 e. The Morgan fingerprint density at radius 1 is 1.43 bits per heavy atom. The molecule has 1 amide bonds. The maximum atomic E-state index is 12.0. The smallest absolute Gasteiger partial charge is 0.355 e. The zero-order valence-electron chi connectivity index (χ0n) is 11.3. The predicted octanol–water partition coefficient (Wildman–Crippen LogP) is 1.92. The number of rotatable bonds is 6. The molecule has 0 aliphatic rings. The molecule has 0 radical (unpaired) electrons. The van der Waals surface area contributed by atoms with Crippen LogP contribution in [0.4, 0.5) is 0 Å². The zero-order chi connectivity index (χ0) is 15.2. The fourth-order valence-corrected chi connectivity index (χ4v) is 2.43. The second kappa shape index (κ2) is 6.96. The van der Waals surface area contributed by atoms with Gasteiger partial charge in [-0.3, -0.25) is 4.79 Å². The molecule has 0 unspecified atom stereocenters. The molecule has 0 aliphatic heterocycles. The van der Waals surface area contributed by atoms with Crippen LogP contribution in [0.3, 0.4) is 0 Å². The zero-order valence-corrected chi connectivity index (χ0v) is 12.1. The number of carboxylic acid groups (broad SMARTS) is 1. The lowest BCUT2D eigenvalue weighted by Crippen LogP contribution is -2.22. The highest BCUT2D eigenvalue weighted by Crippen LogP contribution is 2.10. The van der Waals surface area contributed by atoms with Crippen molar-refractivity contribution in [2.24, 2.45) is 0 Å². The van der Waals surface area contributed by atoms with Crippen molar-refractivity contribution in [3.05, 3.63) is 51.5 Å². The molecule has 21 heavy (non-hydrogen) atoms. The van der Waals surface area contributed by atoms with Crippen molar-refractivity contribution in [2.45, 2.75) is 13.2 Å². The van der Waals surface area contributed by atoms with Gasteiger partial charge < -0.3 is 15.2 Å². The molecule has 2 N–H and O–H groups in total. The molecule has 2 aromatic rings. The van der Waals surface area contributed by atoms with Crippen molar-refractivity contribution >= 4 is 23.2 Å². The van der Waals surface area contributed by atoms with E-state index in [0.717, 1.165) is 5.56 Å². The van der Waals surface area contributed by atoms with E-state index in [4.69, 9.17) is 9.84 Å². The molecule has 2 rings (SSSR count). The number of aromatic nitrogens is 1. The van der Waals surface area contributed by atoms with Crippen LogP contribution in [-0.4, -0.2) is 29.1 Å². The molecule has 0 spiro atoms. The molecule has 1 aromatic carbocycles. The first-order valence-electron chi connectivity index (χ1n) is 6.14. The van der Waals surface area contributed by atoms with Crippen LogP contribution in [0.25, 0.3) is 0 Å². The molecule has 0 atom stereocenters. The number of aromatic carboxylic acids is 1. The fourth-order valence-electron chi connectivity index (χ4n) is 1.72. The van der Waals surface area contributed by atoms with Crippen LogP contribution in [0.2, 0.25) is 0 Å². The van der Waals surface area contributed by atoms with E-state index in [1.165, 1.54) is 16.7 Å². The highest BCUT2D eigenvalue weighted by molar-refractivity contribution is 7.09. The first-order valence-corrected chi connectivity index (χ1v) is 7.02. The van der Waals surface area contributed by atoms with Gasteiger partial charge in [0.2, 0.25) is 0 Å². The van der Waals surface area contributed by atoms with Crippen LogP contribution in [0, 0.1) is 0 Å². The van der Waals surface area contributed by atoms with E-state index in [9.17, 15) is 9.59 Å². The topological polar surface area (TPSA) is 88.5 Å². The van der Waals surface area contributed by atoms with Crippen molar-refractivity contribution in [3.63, 3.8) is 0 Å². The Bertz CT molecular complexity index is 654. The van der Waals surface area contributed by atoms with Crippen molar-refractivity contribution in [2.75, 3.05) is 7.11 Å². The highest BCUT2D eigenvalue weighted by Gasteiger charge is 2.10. The number of hydrogen-bond acceptors (Lipinski definition) is 5. The largest absolute Gasteiger partial charge is 0.476 e. The number of carboxylic acids is 1. The standard InChI is InChI=1S/C14H14N2O4S/c1-20-7-9-3-2-4-10(5-9)13(17)15-6-12-16-11(8-21-12)14(18)19/h2-5,8H,6-7H2,1H3,(H,15,17)(H,18,19). The van der Waals surface area contributed by atoms with E-state index in [0.29, 0.717) is 17.2 Å². The quantitative estimate of drug-likeness (QED) is 0.851. The summed E-state index contributed by atoms with van der Waals surface area (Å²) in [6.45, 7) is 0.640. The number of carbonyl (C=O) groups excluding carboxylic acids is 1. The van der Waals surface area contributed by atoms with Crippen LogP contribution in [0.15, 0.2) is 29.6 Å². The van der Waals surface area contributed by atoms with Crippen LogP contribution in [0.1, 0.15) is 31.4 Å². The van der Waals surface area contributed by atoms with Crippen molar-refractivity contribution in [1.82, 2.24) is 10.3 Å². The summed E-state index contributed by atoms with van der Waals surface area (Å²) in [6, 6.07) is 7.12. The summed E-state index contributed by atoms with van der Waals surface area (Å²) in [5.74, 6) is -1.31. The Hall–Kier alpha value is -2.25. The van der Waals surface area contributed by atoms with E-state index in [1.54, 1.807) is 25.3 Å². The van der Waals surface area contributed by atoms with Crippen molar-refractivity contribution < 1.29 is 19.4 Å². The van der Waals surface area contributed by atoms with Gasteiger partial charge in [0.1, 0.15) is 5.01 Å². The Labute approximate surface area is 125 Å². The summed E-state index contributed by atoms with van der Waals surface area (Å²) in [5, 5.41) is 13.5. The van der Waals surface area contributed by atoms with Gasteiger partial charge in [0.05, 0.1) is 13.2 Å². The molecule has 1 aromatic heterocycles. The molecule has 6 nitrogen and oxygen atoms in total. The number of thiazole rings is 1. The molecule has 0 saturated carbocycles. The normalized spacial score (nSPS) is 10.3. The SMILES string of the molecule is COCc1cccc(C(=O)NCc2nc(C(=O)O)cs2)c1. The Kier molecular flexibility index (Phi) is 5.02. The van der Waals surface area contributed by atoms with E-state index in [2.05, 4.69) is 10.3 Å². The monoisotopic (exact) mass is 306 g/mol. The third-order valence-corrected chi connectivity index (χ3v) is 3.52. The van der Waals surface area contributed by atoms with E-state index in [1.807, 2.05) is 6.07 Å². The molecule has 0 fully saturated rings. The van der Waals surface area contributed by atoms with Gasteiger partial charge in [0, 0.05) is 18.1 Å². The average molecular weight is 306 g/mol. The predicted molar refractivity (Wildman–Crippen MR) is 77.4 cm³/mol. The first kappa shape index (κ1) is 15.1. The highest BCUT2D eigenvalue weighted by atomic mass is 32.1. The van der Waals surface area contributed by atoms with E-state index >= 15 is 0 Å². The number of ether oxygens (including phenoxy) is 1. The molecule has 7 heteroatoms. The molecule has 0 saturated heterocycles. The molecule has 0 bridgehead atoms. The maximum Gasteiger partial charge on any atom is 0.355 e. The summed E-state index contributed by atoms with van der Waals surface area (Å²) in [6.07, 6.45) is 0. The van der Waals surface area contributed by atoms with E-state index < -0.39 is 5.97 Å². The van der Waals surface area contributed by atoms with Gasteiger partial charge in [-0.15, -0.1) is 11.3 Å². The van der Waals surface area contributed by atoms with E-state index in [-0.39, 0.29) is 18.1 Å². The Morgan fingerprint density at radius 3 is 2.90 bits per heavy atom. The minimum atomic E-state index is -1.07. The number of nitrogens with one attached hydrogen (secondary N) is 1.